The normalized spacial score (nSPS) is 11.0. The van der Waals surface area contributed by atoms with Crippen molar-refractivity contribution in [1.29, 1.82) is 0 Å². The van der Waals surface area contributed by atoms with Gasteiger partial charge >= 0.3 is 0 Å². The molecule has 1 N–H and O–H groups in total. The number of nitrogens with one attached hydrogen (secondary N) is 1. The zero-order chi connectivity index (χ0) is 7.68. The van der Waals surface area contributed by atoms with Crippen LogP contribution in [0.5, 0.6) is 0 Å². The number of rotatable bonds is 2. The minimum atomic E-state index is 0.824. The lowest BCUT2D eigenvalue weighted by molar-refractivity contribution is 0.0588. The lowest BCUT2D eigenvalue weighted by atomic mass is 10.2. The molecule has 0 saturated carbocycles. The molecule has 0 bridgehead atoms. The minimum absolute atomic E-state index is 0.824. The summed E-state index contributed by atoms with van der Waals surface area (Å²) in [5.74, 6) is 0. The van der Waals surface area contributed by atoms with Crippen molar-refractivity contribution in [1.82, 2.24) is 5.32 Å². The Morgan fingerprint density at radius 2 is 2.09 bits per heavy atom. The zero-order valence-electron chi connectivity index (χ0n) is 6.26. The molecule has 0 radical (unpaired) electrons. The second-order valence-corrected chi connectivity index (χ2v) is 2.48. The van der Waals surface area contributed by atoms with Gasteiger partial charge in [-0.15, -0.1) is 0 Å². The molecule has 3 nitrogen and oxygen atoms in total. The van der Waals surface area contributed by atoms with Crippen molar-refractivity contribution in [3.8, 4) is 0 Å². The highest BCUT2D eigenvalue weighted by Gasteiger charge is 2.03. The van der Waals surface area contributed by atoms with Crippen molar-refractivity contribution in [2.45, 2.75) is 6.54 Å². The quantitative estimate of drug-likeness (QED) is 0.664. The summed E-state index contributed by atoms with van der Waals surface area (Å²) in [6.45, 7) is 0.858. The second kappa shape index (κ2) is 2.43. The molecule has 0 aliphatic heterocycles. The average Bonchev–Trinajstić information content (AvgIpc) is 1.96. The second-order valence-electron chi connectivity index (χ2n) is 2.48. The number of hydrogen-bond acceptors (Lipinski definition) is 3. The molecule has 0 fully saturated rings. The van der Waals surface area contributed by atoms with E-state index in [0.717, 1.165) is 17.7 Å². The van der Waals surface area contributed by atoms with Gasteiger partial charge in [-0.2, -0.15) is 0 Å². The Hall–Kier alpha value is -1.22. The average molecular weight is 151 g/mol. The third kappa shape index (κ3) is 1.03. The molecule has 0 amide bonds. The van der Waals surface area contributed by atoms with E-state index < -0.39 is 0 Å². The highest BCUT2D eigenvalue weighted by atomic mass is 17.0. The summed E-state index contributed by atoms with van der Waals surface area (Å²) in [5, 5.41) is 3.06. The van der Waals surface area contributed by atoms with Crippen LogP contribution in [0.15, 0.2) is 27.4 Å². The summed E-state index contributed by atoms with van der Waals surface area (Å²) < 4.78 is 9.42. The van der Waals surface area contributed by atoms with Crippen LogP contribution in [0, 0.1) is 0 Å². The number of fused-ring (bicyclic) bond motifs is 1. The van der Waals surface area contributed by atoms with Gasteiger partial charge in [0, 0.05) is 6.54 Å². The van der Waals surface area contributed by atoms with Crippen LogP contribution in [0.4, 0.5) is 0 Å². The standard InChI is InChI=1S/C8H9NO2/c1-9-5-6-2-3-7-8(4-6)11-10-7/h2-4,9H,5H2,1H3. The van der Waals surface area contributed by atoms with Gasteiger partial charge in [-0.1, -0.05) is 6.07 Å². The predicted octanol–water partition coefficient (Wildman–Crippen LogP) is 1.75. The van der Waals surface area contributed by atoms with Gasteiger partial charge in [-0.05, 0) is 24.7 Å². The monoisotopic (exact) mass is 151 g/mol. The highest BCUT2D eigenvalue weighted by molar-refractivity contribution is 5.71. The van der Waals surface area contributed by atoms with E-state index >= 15 is 0 Å². The van der Waals surface area contributed by atoms with Crippen LogP contribution in [0.3, 0.4) is 0 Å². The van der Waals surface area contributed by atoms with Crippen LogP contribution in [0.1, 0.15) is 5.56 Å². The molecule has 0 spiro atoms. The van der Waals surface area contributed by atoms with E-state index in [0.29, 0.717) is 0 Å². The molecular weight excluding hydrogens is 142 g/mol. The summed E-state index contributed by atoms with van der Waals surface area (Å²) in [6, 6.07) is 5.89. The Morgan fingerprint density at radius 1 is 1.27 bits per heavy atom. The van der Waals surface area contributed by atoms with Gasteiger partial charge in [-0.25, -0.2) is 0 Å². The highest BCUT2D eigenvalue weighted by Crippen LogP contribution is 2.19. The van der Waals surface area contributed by atoms with Gasteiger partial charge in [0.1, 0.15) is 0 Å². The zero-order valence-corrected chi connectivity index (χ0v) is 6.26. The van der Waals surface area contributed by atoms with Crippen LogP contribution in [0.2, 0.25) is 0 Å². The van der Waals surface area contributed by atoms with Gasteiger partial charge in [-0.3, -0.25) is 9.15 Å². The molecule has 58 valence electrons. The van der Waals surface area contributed by atoms with Crippen molar-refractivity contribution in [2.24, 2.45) is 0 Å². The molecule has 0 unspecified atom stereocenters. The van der Waals surface area contributed by atoms with Crippen molar-refractivity contribution in [3.05, 3.63) is 23.8 Å². The van der Waals surface area contributed by atoms with Crippen molar-refractivity contribution >= 4 is 11.2 Å². The van der Waals surface area contributed by atoms with Crippen molar-refractivity contribution in [2.75, 3.05) is 7.05 Å². The molecule has 3 heteroatoms. The SMILES string of the molecule is CNCc1ccc2ooc2c1. The van der Waals surface area contributed by atoms with E-state index in [1.54, 1.807) is 0 Å². The van der Waals surface area contributed by atoms with Gasteiger partial charge in [0.05, 0.1) is 0 Å². The third-order valence-electron chi connectivity index (χ3n) is 1.61. The molecule has 2 aromatic rings. The molecule has 0 saturated heterocycles. The summed E-state index contributed by atoms with van der Waals surface area (Å²) in [5.41, 5.74) is 2.86. The molecule has 0 atom stereocenters. The summed E-state index contributed by atoms with van der Waals surface area (Å²) >= 11 is 0. The molecule has 1 aromatic carbocycles. The fraction of sp³-hybridized carbons (Fsp3) is 0.250. The maximum atomic E-state index is 4.74. The molecule has 0 aliphatic carbocycles. The van der Waals surface area contributed by atoms with Gasteiger partial charge in [0.2, 0.25) is 11.2 Å². The molecule has 2 rings (SSSR count). The largest absolute Gasteiger partial charge is 0.316 e. The van der Waals surface area contributed by atoms with E-state index in [1.807, 2.05) is 25.2 Å². The van der Waals surface area contributed by atoms with E-state index in [2.05, 4.69) is 9.89 Å². The van der Waals surface area contributed by atoms with Gasteiger partial charge in [0.15, 0.2) is 0 Å². The summed E-state index contributed by atoms with van der Waals surface area (Å²) in [4.78, 5) is 0. The first kappa shape index (κ1) is 6.49. The first-order valence-electron chi connectivity index (χ1n) is 3.52. The Bertz CT molecular complexity index is 347. The Kier molecular flexibility index (Phi) is 1.43. The predicted molar refractivity (Wildman–Crippen MR) is 41.2 cm³/mol. The van der Waals surface area contributed by atoms with Crippen molar-refractivity contribution in [3.63, 3.8) is 0 Å². The number of benzene rings is 1. The Balaban J connectivity index is 2.35. The summed E-state index contributed by atoms with van der Waals surface area (Å²) in [6.07, 6.45) is 0. The smallest absolute Gasteiger partial charge is 0.226 e. The maximum Gasteiger partial charge on any atom is 0.226 e. The maximum absolute atomic E-state index is 4.74. The van der Waals surface area contributed by atoms with Gasteiger partial charge in [0.25, 0.3) is 0 Å². The number of hydrogen-bond donors (Lipinski definition) is 1. The fourth-order valence-electron chi connectivity index (χ4n) is 1.06. The van der Waals surface area contributed by atoms with Crippen LogP contribution in [0.25, 0.3) is 11.2 Å². The molecule has 11 heavy (non-hydrogen) atoms. The molecule has 1 heterocycles. The summed E-state index contributed by atoms with van der Waals surface area (Å²) in [7, 11) is 1.91. The third-order valence-corrected chi connectivity index (χ3v) is 1.61. The fourth-order valence-corrected chi connectivity index (χ4v) is 1.06. The van der Waals surface area contributed by atoms with E-state index in [-0.39, 0.29) is 0 Å². The topological polar surface area (TPSA) is 38.3 Å². The lowest BCUT2D eigenvalue weighted by Crippen LogP contribution is -2.04. The van der Waals surface area contributed by atoms with Crippen LogP contribution in [-0.2, 0) is 6.54 Å². The Morgan fingerprint density at radius 3 is 2.64 bits per heavy atom. The van der Waals surface area contributed by atoms with E-state index in [1.165, 1.54) is 5.56 Å². The van der Waals surface area contributed by atoms with Crippen LogP contribution < -0.4 is 5.32 Å². The van der Waals surface area contributed by atoms with Crippen molar-refractivity contribution < 1.29 is 9.15 Å². The first-order chi connectivity index (χ1) is 5.40. The first-order valence-corrected chi connectivity index (χ1v) is 3.52. The van der Waals surface area contributed by atoms with E-state index in [4.69, 9.17) is 4.58 Å². The van der Waals surface area contributed by atoms with Gasteiger partial charge < -0.3 is 5.32 Å². The van der Waals surface area contributed by atoms with Crippen LogP contribution in [-0.4, -0.2) is 7.05 Å². The lowest BCUT2D eigenvalue weighted by Gasteiger charge is -2.01. The van der Waals surface area contributed by atoms with Crippen LogP contribution >= 0.6 is 0 Å². The van der Waals surface area contributed by atoms with E-state index in [9.17, 15) is 0 Å². The molecule has 1 aromatic heterocycles. The minimum Gasteiger partial charge on any atom is -0.316 e. The molecular formula is C8H9NO2. The Labute approximate surface area is 63.9 Å². The molecule has 0 aliphatic rings.